The number of rotatable bonds is 19. The van der Waals surface area contributed by atoms with Crippen LogP contribution in [0.2, 0.25) is 0 Å². The Morgan fingerprint density at radius 2 is 1.21 bits per heavy atom. The van der Waals surface area contributed by atoms with E-state index in [0.29, 0.717) is 0 Å². The van der Waals surface area contributed by atoms with E-state index in [4.69, 9.17) is 22.7 Å². The van der Waals surface area contributed by atoms with E-state index >= 15 is 0 Å². The summed E-state index contributed by atoms with van der Waals surface area (Å²) in [6.07, 6.45) is 22.9. The lowest BCUT2D eigenvalue weighted by atomic mass is 10.0. The van der Waals surface area contributed by atoms with Gasteiger partial charge in [0.15, 0.2) is 0 Å². The minimum atomic E-state index is 0.108. The predicted molar refractivity (Wildman–Crippen MR) is 131 cm³/mol. The molecule has 0 saturated carbocycles. The van der Waals surface area contributed by atoms with Crippen molar-refractivity contribution >= 4 is 17.4 Å². The molecule has 0 aliphatic heterocycles. The quantitative estimate of drug-likeness (QED) is 0.182. The third-order valence-corrected chi connectivity index (χ3v) is 5.81. The van der Waals surface area contributed by atoms with Crippen molar-refractivity contribution in [1.82, 2.24) is 0 Å². The van der Waals surface area contributed by atoms with Crippen molar-refractivity contribution in [3.05, 3.63) is 35.9 Å². The molecule has 2 N–H and O–H groups in total. The molecule has 3 heteroatoms. The van der Waals surface area contributed by atoms with E-state index < -0.39 is 0 Å². The molecule has 0 aliphatic rings. The second-order valence-corrected chi connectivity index (χ2v) is 8.89. The monoisotopic (exact) mass is 419 g/mol. The maximum absolute atomic E-state index is 5.68. The van der Waals surface area contributed by atoms with Gasteiger partial charge >= 0.3 is 0 Å². The summed E-state index contributed by atoms with van der Waals surface area (Å²) in [6.45, 7) is 2.29. The van der Waals surface area contributed by atoms with Gasteiger partial charge in [-0.1, -0.05) is 127 Å². The van der Waals surface area contributed by atoms with Crippen LogP contribution in [0.3, 0.4) is 0 Å². The largest absolute Gasteiger partial charge is 0.468 e. The molecule has 0 radical (unpaired) electrons. The van der Waals surface area contributed by atoms with Gasteiger partial charge in [-0.2, -0.15) is 0 Å². The molecule has 1 unspecified atom stereocenters. The Labute approximate surface area is 186 Å². The van der Waals surface area contributed by atoms with Gasteiger partial charge in [0, 0.05) is 6.42 Å². The Balaban J connectivity index is 1.94. The number of hydrogen-bond donors (Lipinski definition) is 1. The van der Waals surface area contributed by atoms with Crippen molar-refractivity contribution < 1.29 is 4.74 Å². The summed E-state index contributed by atoms with van der Waals surface area (Å²) in [7, 11) is 0. The number of hydrogen-bond acceptors (Lipinski definition) is 2. The minimum absolute atomic E-state index is 0.108. The van der Waals surface area contributed by atoms with Crippen LogP contribution < -0.4 is 5.73 Å². The predicted octanol–water partition coefficient (Wildman–Crippen LogP) is 8.12. The number of benzene rings is 1. The van der Waals surface area contributed by atoms with E-state index in [1.807, 2.05) is 6.07 Å². The van der Waals surface area contributed by atoms with Crippen LogP contribution in [0.4, 0.5) is 0 Å². The molecule has 1 aromatic carbocycles. The van der Waals surface area contributed by atoms with Crippen LogP contribution in [0.25, 0.3) is 0 Å². The lowest BCUT2D eigenvalue weighted by molar-refractivity contribution is 0.176. The average Bonchev–Trinajstić information content (AvgIpc) is 2.71. The first-order valence-electron chi connectivity index (χ1n) is 12.2. The van der Waals surface area contributed by atoms with Gasteiger partial charge in [-0.05, 0) is 30.6 Å². The van der Waals surface area contributed by atoms with Crippen LogP contribution in [-0.2, 0) is 11.2 Å². The van der Waals surface area contributed by atoms with E-state index in [0.717, 1.165) is 12.8 Å². The molecule has 0 aliphatic carbocycles. The second-order valence-electron chi connectivity index (χ2n) is 8.49. The van der Waals surface area contributed by atoms with Crippen LogP contribution in [0.1, 0.15) is 115 Å². The molecular formula is C26H45NOS. The molecule has 0 fully saturated rings. The summed E-state index contributed by atoms with van der Waals surface area (Å²) in [6, 6.07) is 10.5. The summed E-state index contributed by atoms with van der Waals surface area (Å²) in [5.41, 5.74) is 6.90. The van der Waals surface area contributed by atoms with Gasteiger partial charge in [-0.25, -0.2) is 0 Å². The van der Waals surface area contributed by atoms with E-state index in [-0.39, 0.29) is 11.3 Å². The Kier molecular flexibility index (Phi) is 16.9. The van der Waals surface area contributed by atoms with Gasteiger partial charge in [-0.3, -0.25) is 0 Å². The summed E-state index contributed by atoms with van der Waals surface area (Å²) < 4.78 is 5.68. The topological polar surface area (TPSA) is 35.2 Å². The number of thiocarbonyl (C=S) groups is 1. The first-order valence-corrected chi connectivity index (χ1v) is 12.6. The third kappa shape index (κ3) is 16.4. The zero-order valence-electron chi connectivity index (χ0n) is 18.9. The molecule has 1 aromatic rings. The molecule has 0 heterocycles. The SMILES string of the molecule is CCCCCCCCCCCCCCCCCC(Cc1ccccc1)OC(N)=S. The van der Waals surface area contributed by atoms with E-state index in [1.54, 1.807) is 0 Å². The molecule has 0 amide bonds. The summed E-state index contributed by atoms with van der Waals surface area (Å²) in [5.74, 6) is 0. The summed E-state index contributed by atoms with van der Waals surface area (Å²) in [4.78, 5) is 0. The van der Waals surface area contributed by atoms with Gasteiger partial charge in [0.1, 0.15) is 6.10 Å². The fourth-order valence-electron chi connectivity index (χ4n) is 3.99. The molecule has 0 saturated heterocycles. The second kappa shape index (κ2) is 18.9. The fourth-order valence-corrected chi connectivity index (χ4v) is 4.12. The van der Waals surface area contributed by atoms with Gasteiger partial charge in [0.05, 0.1) is 0 Å². The van der Waals surface area contributed by atoms with Crippen molar-refractivity contribution in [3.8, 4) is 0 Å². The molecule has 0 bridgehead atoms. The molecule has 2 nitrogen and oxygen atoms in total. The molecular weight excluding hydrogens is 374 g/mol. The van der Waals surface area contributed by atoms with Crippen LogP contribution in [-0.4, -0.2) is 11.3 Å². The highest BCUT2D eigenvalue weighted by Crippen LogP contribution is 2.16. The number of nitrogens with two attached hydrogens (primary N) is 1. The summed E-state index contributed by atoms with van der Waals surface area (Å²) in [5, 5.41) is 0.173. The first kappa shape index (κ1) is 25.9. The Morgan fingerprint density at radius 3 is 1.66 bits per heavy atom. The molecule has 0 spiro atoms. The van der Waals surface area contributed by atoms with Crippen LogP contribution in [0, 0.1) is 0 Å². The maximum atomic E-state index is 5.68. The molecule has 0 aromatic heterocycles. The van der Waals surface area contributed by atoms with Crippen molar-refractivity contribution in [3.63, 3.8) is 0 Å². The van der Waals surface area contributed by atoms with Crippen LogP contribution in [0.5, 0.6) is 0 Å². The highest BCUT2D eigenvalue weighted by molar-refractivity contribution is 7.80. The van der Waals surface area contributed by atoms with Crippen LogP contribution >= 0.6 is 12.2 Å². The minimum Gasteiger partial charge on any atom is -0.468 e. The zero-order chi connectivity index (χ0) is 21.0. The molecule has 1 atom stereocenters. The van der Waals surface area contributed by atoms with Gasteiger partial charge in [0.2, 0.25) is 0 Å². The highest BCUT2D eigenvalue weighted by Gasteiger charge is 2.11. The molecule has 1 rings (SSSR count). The smallest absolute Gasteiger partial charge is 0.254 e. The lowest BCUT2D eigenvalue weighted by Gasteiger charge is -2.18. The Hall–Kier alpha value is -1.09. The Morgan fingerprint density at radius 1 is 0.759 bits per heavy atom. The van der Waals surface area contributed by atoms with Crippen molar-refractivity contribution in [2.24, 2.45) is 5.73 Å². The number of ether oxygens (including phenoxy) is 1. The van der Waals surface area contributed by atoms with Crippen molar-refractivity contribution in [1.29, 1.82) is 0 Å². The van der Waals surface area contributed by atoms with Crippen molar-refractivity contribution in [2.45, 2.75) is 122 Å². The highest BCUT2D eigenvalue weighted by atomic mass is 32.1. The molecule has 166 valence electrons. The standard InChI is InChI=1S/C26H45NOS/c1-2-3-4-5-6-7-8-9-10-11-12-13-14-15-19-22-25(28-26(27)29)23-24-20-17-16-18-21-24/h16-18,20-21,25H,2-15,19,22-23H2,1H3,(H2,27,29). The zero-order valence-corrected chi connectivity index (χ0v) is 19.7. The lowest BCUT2D eigenvalue weighted by Crippen LogP contribution is -2.24. The van der Waals surface area contributed by atoms with Gasteiger partial charge in [0.25, 0.3) is 5.17 Å². The molecule has 29 heavy (non-hydrogen) atoms. The van der Waals surface area contributed by atoms with Gasteiger partial charge in [-0.15, -0.1) is 0 Å². The average molecular weight is 420 g/mol. The first-order chi connectivity index (χ1) is 14.2. The third-order valence-electron chi connectivity index (χ3n) is 5.72. The maximum Gasteiger partial charge on any atom is 0.254 e. The van der Waals surface area contributed by atoms with E-state index in [1.165, 1.54) is 102 Å². The Bertz CT molecular complexity index is 491. The van der Waals surface area contributed by atoms with Gasteiger partial charge < -0.3 is 10.5 Å². The van der Waals surface area contributed by atoms with E-state index in [9.17, 15) is 0 Å². The summed E-state index contributed by atoms with van der Waals surface area (Å²) >= 11 is 4.95. The van der Waals surface area contributed by atoms with E-state index in [2.05, 4.69) is 31.2 Å². The fraction of sp³-hybridized carbons (Fsp3) is 0.731. The normalized spacial score (nSPS) is 12.0. The van der Waals surface area contributed by atoms with Crippen molar-refractivity contribution in [2.75, 3.05) is 0 Å². The van der Waals surface area contributed by atoms with Crippen LogP contribution in [0.15, 0.2) is 30.3 Å². The number of unbranched alkanes of at least 4 members (excludes halogenated alkanes) is 14.